The Morgan fingerprint density at radius 3 is 2.68 bits per heavy atom. The fourth-order valence-corrected chi connectivity index (χ4v) is 4.12. The highest BCUT2D eigenvalue weighted by molar-refractivity contribution is 4.86. The van der Waals surface area contributed by atoms with Crippen LogP contribution in [0.2, 0.25) is 0 Å². The van der Waals surface area contributed by atoms with Crippen molar-refractivity contribution in [2.24, 2.45) is 29.4 Å². The molecule has 0 spiro atoms. The van der Waals surface area contributed by atoms with Gasteiger partial charge in [0, 0.05) is 19.1 Å². The van der Waals surface area contributed by atoms with Crippen LogP contribution < -0.4 is 5.73 Å². The molecule has 2 N–H and O–H groups in total. The summed E-state index contributed by atoms with van der Waals surface area (Å²) in [6.07, 6.45) is 8.16. The van der Waals surface area contributed by atoms with Crippen molar-refractivity contribution < 1.29 is 0 Å². The molecule has 2 aliphatic rings. The molecule has 0 aromatic carbocycles. The summed E-state index contributed by atoms with van der Waals surface area (Å²) in [4.78, 5) is 2.71. The molecule has 19 heavy (non-hydrogen) atoms. The van der Waals surface area contributed by atoms with Crippen LogP contribution in [0.4, 0.5) is 0 Å². The predicted octanol–water partition coefficient (Wildman–Crippen LogP) is 3.51. The normalized spacial score (nSPS) is 37.7. The van der Waals surface area contributed by atoms with E-state index >= 15 is 0 Å². The van der Waals surface area contributed by atoms with Gasteiger partial charge in [-0.2, -0.15) is 0 Å². The number of likely N-dealkylation sites (tertiary alicyclic amines) is 1. The van der Waals surface area contributed by atoms with Crippen LogP contribution in [-0.4, -0.2) is 30.6 Å². The van der Waals surface area contributed by atoms with Crippen LogP contribution in [0.15, 0.2) is 0 Å². The average molecular weight is 266 g/mol. The van der Waals surface area contributed by atoms with E-state index in [2.05, 4.69) is 25.7 Å². The summed E-state index contributed by atoms with van der Waals surface area (Å²) < 4.78 is 0. The molecule has 0 aromatic rings. The maximum Gasteiger partial charge on any atom is 0.00795 e. The molecule has 2 heteroatoms. The lowest BCUT2D eigenvalue weighted by Gasteiger charge is -2.41. The first-order valence-corrected chi connectivity index (χ1v) is 8.58. The van der Waals surface area contributed by atoms with Crippen LogP contribution in [-0.2, 0) is 0 Å². The minimum Gasteiger partial charge on any atom is -0.327 e. The van der Waals surface area contributed by atoms with Gasteiger partial charge < -0.3 is 10.6 Å². The smallest absolute Gasteiger partial charge is 0.00795 e. The zero-order chi connectivity index (χ0) is 13.8. The molecule has 0 radical (unpaired) electrons. The first-order chi connectivity index (χ1) is 9.10. The third-order valence-corrected chi connectivity index (χ3v) is 5.70. The molecule has 1 aliphatic carbocycles. The van der Waals surface area contributed by atoms with Gasteiger partial charge in [0.1, 0.15) is 0 Å². The summed E-state index contributed by atoms with van der Waals surface area (Å²) in [5.41, 5.74) is 6.40. The molecule has 2 rings (SSSR count). The van der Waals surface area contributed by atoms with E-state index in [0.717, 1.165) is 23.7 Å². The number of piperidine rings is 1. The van der Waals surface area contributed by atoms with Crippen molar-refractivity contribution in [3.8, 4) is 0 Å². The van der Waals surface area contributed by atoms with Gasteiger partial charge in [0.15, 0.2) is 0 Å². The summed E-state index contributed by atoms with van der Waals surface area (Å²) in [5.74, 6) is 3.43. The Bertz CT molecular complexity index is 264. The molecule has 1 saturated heterocycles. The van der Waals surface area contributed by atoms with Crippen molar-refractivity contribution in [2.45, 2.75) is 65.3 Å². The Morgan fingerprint density at radius 2 is 2.00 bits per heavy atom. The van der Waals surface area contributed by atoms with Gasteiger partial charge in [-0.25, -0.2) is 0 Å². The molecule has 1 saturated carbocycles. The lowest BCUT2D eigenvalue weighted by molar-refractivity contribution is 0.104. The quantitative estimate of drug-likeness (QED) is 0.844. The van der Waals surface area contributed by atoms with Crippen LogP contribution in [0.1, 0.15) is 59.3 Å². The summed E-state index contributed by atoms with van der Waals surface area (Å²) in [6, 6.07) is 0.456. The monoisotopic (exact) mass is 266 g/mol. The largest absolute Gasteiger partial charge is 0.327 e. The van der Waals surface area contributed by atoms with E-state index in [0.29, 0.717) is 6.04 Å². The van der Waals surface area contributed by atoms with Gasteiger partial charge in [-0.1, -0.05) is 27.2 Å². The van der Waals surface area contributed by atoms with Crippen LogP contribution in [0, 0.1) is 23.7 Å². The molecule has 2 nitrogen and oxygen atoms in total. The lowest BCUT2D eigenvalue weighted by Crippen LogP contribution is -2.46. The third kappa shape index (κ3) is 4.19. The van der Waals surface area contributed by atoms with Gasteiger partial charge in [0.25, 0.3) is 0 Å². The molecule has 2 fully saturated rings. The Balaban J connectivity index is 1.85. The first kappa shape index (κ1) is 15.3. The predicted molar refractivity (Wildman–Crippen MR) is 83.1 cm³/mol. The number of nitrogens with zero attached hydrogens (tertiary/aromatic N) is 1. The summed E-state index contributed by atoms with van der Waals surface area (Å²) in [6.45, 7) is 11.0. The van der Waals surface area contributed by atoms with Gasteiger partial charge in [-0.05, 0) is 62.3 Å². The molecule has 4 unspecified atom stereocenters. The van der Waals surface area contributed by atoms with Crippen LogP contribution >= 0.6 is 0 Å². The molecule has 1 heterocycles. The average Bonchev–Trinajstić information content (AvgIpc) is 2.41. The Morgan fingerprint density at radius 1 is 1.21 bits per heavy atom. The van der Waals surface area contributed by atoms with Crippen molar-refractivity contribution >= 4 is 0 Å². The van der Waals surface area contributed by atoms with E-state index in [1.165, 1.54) is 58.2 Å². The van der Waals surface area contributed by atoms with Crippen LogP contribution in [0.25, 0.3) is 0 Å². The Kier molecular flexibility index (Phi) is 5.70. The number of hydrogen-bond donors (Lipinski definition) is 1. The number of nitrogens with two attached hydrogens (primary N) is 1. The summed E-state index contributed by atoms with van der Waals surface area (Å²) in [5, 5.41) is 0. The van der Waals surface area contributed by atoms with Crippen LogP contribution in [0.3, 0.4) is 0 Å². The van der Waals surface area contributed by atoms with E-state index in [9.17, 15) is 0 Å². The third-order valence-electron chi connectivity index (χ3n) is 5.70. The van der Waals surface area contributed by atoms with E-state index in [1.54, 1.807) is 0 Å². The van der Waals surface area contributed by atoms with Crippen molar-refractivity contribution in [3.63, 3.8) is 0 Å². The van der Waals surface area contributed by atoms with Gasteiger partial charge in [-0.3, -0.25) is 0 Å². The van der Waals surface area contributed by atoms with Gasteiger partial charge in [-0.15, -0.1) is 0 Å². The maximum absolute atomic E-state index is 6.40. The van der Waals surface area contributed by atoms with Crippen molar-refractivity contribution in [1.29, 1.82) is 0 Å². The fraction of sp³-hybridized carbons (Fsp3) is 1.00. The zero-order valence-corrected chi connectivity index (χ0v) is 13.3. The standard InChI is InChI=1S/C17H34N2/c1-4-14-6-5-9-19(11-14)12-16-10-15(13(2)3)7-8-17(16)18/h13-17H,4-12,18H2,1-3H3. The highest BCUT2D eigenvalue weighted by Crippen LogP contribution is 2.34. The highest BCUT2D eigenvalue weighted by Gasteiger charge is 2.31. The van der Waals surface area contributed by atoms with E-state index in [4.69, 9.17) is 5.73 Å². The summed E-state index contributed by atoms with van der Waals surface area (Å²) >= 11 is 0. The van der Waals surface area contributed by atoms with Gasteiger partial charge in [0.05, 0.1) is 0 Å². The minimum absolute atomic E-state index is 0.456. The van der Waals surface area contributed by atoms with Gasteiger partial charge in [0.2, 0.25) is 0 Å². The topological polar surface area (TPSA) is 29.3 Å². The highest BCUT2D eigenvalue weighted by atomic mass is 15.1. The molecule has 112 valence electrons. The second kappa shape index (κ2) is 7.08. The Labute approximate surface area is 120 Å². The van der Waals surface area contributed by atoms with Crippen molar-refractivity contribution in [3.05, 3.63) is 0 Å². The molecular formula is C17H34N2. The second-order valence-electron chi connectivity index (χ2n) is 7.42. The number of hydrogen-bond acceptors (Lipinski definition) is 2. The van der Waals surface area contributed by atoms with Crippen molar-refractivity contribution in [1.82, 2.24) is 4.90 Å². The minimum atomic E-state index is 0.456. The van der Waals surface area contributed by atoms with Crippen molar-refractivity contribution in [2.75, 3.05) is 19.6 Å². The Hall–Kier alpha value is -0.0800. The van der Waals surface area contributed by atoms with Crippen LogP contribution in [0.5, 0.6) is 0 Å². The van der Waals surface area contributed by atoms with Gasteiger partial charge >= 0.3 is 0 Å². The molecule has 0 aromatic heterocycles. The van der Waals surface area contributed by atoms with E-state index in [1.807, 2.05) is 0 Å². The summed E-state index contributed by atoms with van der Waals surface area (Å²) in [7, 11) is 0. The maximum atomic E-state index is 6.40. The molecule has 1 aliphatic heterocycles. The lowest BCUT2D eigenvalue weighted by atomic mass is 9.73. The van der Waals surface area contributed by atoms with E-state index < -0.39 is 0 Å². The molecular weight excluding hydrogens is 232 g/mol. The molecule has 0 amide bonds. The second-order valence-corrected chi connectivity index (χ2v) is 7.42. The first-order valence-electron chi connectivity index (χ1n) is 8.58. The van der Waals surface area contributed by atoms with E-state index in [-0.39, 0.29) is 0 Å². The molecule has 0 bridgehead atoms. The number of rotatable bonds is 4. The fourth-order valence-electron chi connectivity index (χ4n) is 4.12. The zero-order valence-electron chi connectivity index (χ0n) is 13.3. The SMILES string of the molecule is CCC1CCCN(CC2CC(C(C)C)CCC2N)C1. The molecule has 4 atom stereocenters.